The molecule has 6 nitrogen and oxygen atoms in total. The fraction of sp³-hybridized carbons (Fsp3) is 0.111. The lowest BCUT2D eigenvalue weighted by atomic mass is 10.2. The molecule has 1 aromatic carbocycles. The highest BCUT2D eigenvalue weighted by molar-refractivity contribution is 5.86. The molecule has 1 unspecified atom stereocenters. The molecule has 1 atom stereocenters. The number of hydrogen-bond donors (Lipinski definition) is 1. The van der Waals surface area contributed by atoms with Crippen LogP contribution in [0.15, 0.2) is 23.2 Å². The molecule has 0 fully saturated rings. The van der Waals surface area contributed by atoms with Gasteiger partial charge in [0.2, 0.25) is 0 Å². The van der Waals surface area contributed by atoms with Crippen LogP contribution in [0.2, 0.25) is 0 Å². The van der Waals surface area contributed by atoms with Gasteiger partial charge in [0.25, 0.3) is 5.69 Å². The Kier molecular flexibility index (Phi) is 1.97. The number of non-ortho nitro benzene ring substituents is 1. The van der Waals surface area contributed by atoms with Gasteiger partial charge in [0, 0.05) is 11.3 Å². The topological polar surface area (TPSA) is 92.8 Å². The van der Waals surface area contributed by atoms with E-state index in [4.69, 9.17) is 5.11 Å². The summed E-state index contributed by atoms with van der Waals surface area (Å²) in [5.74, 6) is -4.70. The molecule has 16 heavy (non-hydrogen) atoms. The van der Waals surface area contributed by atoms with Crippen LogP contribution >= 0.6 is 0 Å². The number of rotatable bonds is 2. The molecule has 0 saturated carbocycles. The van der Waals surface area contributed by atoms with Gasteiger partial charge in [-0.05, 0) is 6.08 Å². The molecule has 1 aromatic rings. The molecule has 1 heterocycles. The first-order valence-corrected chi connectivity index (χ1v) is 4.22. The molecule has 1 aliphatic rings. The predicted molar refractivity (Wildman–Crippen MR) is 49.8 cm³/mol. The van der Waals surface area contributed by atoms with Crippen LogP contribution in [0.3, 0.4) is 0 Å². The van der Waals surface area contributed by atoms with Gasteiger partial charge in [-0.25, -0.2) is 9.79 Å². The summed E-state index contributed by atoms with van der Waals surface area (Å²) in [5, 5.41) is 19.1. The fourth-order valence-electron chi connectivity index (χ4n) is 1.44. The predicted octanol–water partition coefficient (Wildman–Crippen LogP) is -0.241. The zero-order valence-electron chi connectivity index (χ0n) is 7.75. The van der Waals surface area contributed by atoms with E-state index >= 15 is 0 Å². The summed E-state index contributed by atoms with van der Waals surface area (Å²) >= 11 is 0. The van der Waals surface area contributed by atoms with Crippen LogP contribution in [0, 0.1) is 10.1 Å². The van der Waals surface area contributed by atoms with Crippen LogP contribution < -0.4 is 10.6 Å². The number of hydrogen-bond acceptors (Lipinski definition) is 4. The van der Waals surface area contributed by atoms with Crippen molar-refractivity contribution < 1.29 is 19.2 Å². The van der Waals surface area contributed by atoms with E-state index in [-0.39, 0.29) is 10.6 Å². The Hall–Kier alpha value is -2.31. The van der Waals surface area contributed by atoms with Gasteiger partial charge >= 0.3 is 11.8 Å². The van der Waals surface area contributed by atoms with E-state index in [0.29, 0.717) is 0 Å². The maximum atomic E-state index is 13.6. The molecule has 0 aliphatic carbocycles. The maximum absolute atomic E-state index is 13.6. The van der Waals surface area contributed by atoms with Crippen molar-refractivity contribution in [1.29, 1.82) is 0 Å². The number of nitro benzene ring substituents is 1. The number of benzene rings is 1. The van der Waals surface area contributed by atoms with Crippen molar-refractivity contribution in [2.75, 3.05) is 0 Å². The van der Waals surface area contributed by atoms with Gasteiger partial charge in [0.1, 0.15) is 5.36 Å². The summed E-state index contributed by atoms with van der Waals surface area (Å²) in [5.41, 5.74) is -0.408. The van der Waals surface area contributed by atoms with Crippen molar-refractivity contribution >= 4 is 17.7 Å². The summed E-state index contributed by atoms with van der Waals surface area (Å²) < 4.78 is 13.6. The van der Waals surface area contributed by atoms with Crippen molar-refractivity contribution in [2.24, 2.45) is 4.99 Å². The second kappa shape index (κ2) is 3.09. The summed E-state index contributed by atoms with van der Waals surface area (Å²) in [6.45, 7) is 0. The summed E-state index contributed by atoms with van der Waals surface area (Å²) in [6, 6.07) is 3.86. The Morgan fingerprint density at radius 2 is 2.25 bits per heavy atom. The summed E-state index contributed by atoms with van der Waals surface area (Å²) in [4.78, 5) is 23.7. The third-order valence-electron chi connectivity index (χ3n) is 2.16. The zero-order chi connectivity index (χ0) is 11.9. The second-order valence-corrected chi connectivity index (χ2v) is 3.21. The van der Waals surface area contributed by atoms with Gasteiger partial charge < -0.3 is 5.11 Å². The summed E-state index contributed by atoms with van der Waals surface area (Å²) in [6.07, 6.45) is 0.748. The lowest BCUT2D eigenvalue weighted by Gasteiger charge is -2.05. The van der Waals surface area contributed by atoms with Crippen LogP contribution in [0.1, 0.15) is 0 Å². The van der Waals surface area contributed by atoms with Crippen LogP contribution in [-0.4, -0.2) is 21.8 Å². The molecule has 0 aromatic heterocycles. The third-order valence-corrected chi connectivity index (χ3v) is 2.16. The number of carbonyl (C=O) groups is 1. The standard InChI is InChI=1S/C9H5FN2O4/c10-9(8(13)14)4-5-2-1-3-6(12(15)16)7(5)11-9/h1-4H,(H,13,14). The first kappa shape index (κ1) is 10.2. The average molecular weight is 224 g/mol. The molecule has 7 heteroatoms. The van der Waals surface area contributed by atoms with Crippen LogP contribution in [0.25, 0.3) is 6.08 Å². The highest BCUT2D eigenvalue weighted by Crippen LogP contribution is 2.18. The number of carboxylic acids is 1. The highest BCUT2D eigenvalue weighted by Gasteiger charge is 2.39. The first-order valence-electron chi connectivity index (χ1n) is 4.22. The Labute approximate surface area is 87.5 Å². The smallest absolute Gasteiger partial charge is 0.369 e. The highest BCUT2D eigenvalue weighted by atomic mass is 19.1. The van der Waals surface area contributed by atoms with E-state index in [2.05, 4.69) is 4.99 Å². The molecule has 0 spiro atoms. The molecule has 0 amide bonds. The van der Waals surface area contributed by atoms with Gasteiger partial charge in [0.05, 0.1) is 4.92 Å². The van der Waals surface area contributed by atoms with E-state index < -0.39 is 22.4 Å². The fourth-order valence-corrected chi connectivity index (χ4v) is 1.44. The number of aliphatic carboxylic acids is 1. The van der Waals surface area contributed by atoms with E-state index in [9.17, 15) is 19.3 Å². The quantitative estimate of drug-likeness (QED) is 0.426. The summed E-state index contributed by atoms with van der Waals surface area (Å²) in [7, 11) is 0. The molecule has 1 aliphatic heterocycles. The minimum atomic E-state index is -2.91. The van der Waals surface area contributed by atoms with Crippen molar-refractivity contribution in [3.05, 3.63) is 38.9 Å². The largest absolute Gasteiger partial charge is 0.477 e. The number of nitrogens with zero attached hydrogens (tertiary/aromatic N) is 2. The number of nitro groups is 1. The van der Waals surface area contributed by atoms with E-state index in [0.717, 1.165) is 12.1 Å². The second-order valence-electron chi connectivity index (χ2n) is 3.21. The van der Waals surface area contributed by atoms with Crippen LogP contribution in [0.4, 0.5) is 10.1 Å². The van der Waals surface area contributed by atoms with Gasteiger partial charge in [0.15, 0.2) is 0 Å². The van der Waals surface area contributed by atoms with Crippen molar-refractivity contribution in [3.63, 3.8) is 0 Å². The lowest BCUT2D eigenvalue weighted by molar-refractivity contribution is -0.386. The molecule has 2 rings (SSSR count). The number of fused-ring (bicyclic) bond motifs is 1. The molecular formula is C9H5FN2O4. The van der Waals surface area contributed by atoms with Gasteiger partial charge in [-0.3, -0.25) is 10.1 Å². The molecule has 1 N–H and O–H groups in total. The molecule has 82 valence electrons. The van der Waals surface area contributed by atoms with Crippen LogP contribution in [-0.2, 0) is 4.79 Å². The number of halogens is 1. The SMILES string of the molecule is O=C(O)C1(F)C=c2cccc([N+](=O)[O-])c2=N1. The number of alkyl halides is 1. The molecule has 0 radical (unpaired) electrons. The molecular weight excluding hydrogens is 219 g/mol. The molecule has 0 bridgehead atoms. The minimum absolute atomic E-state index is 0.110. The first-order chi connectivity index (χ1) is 7.44. The average Bonchev–Trinajstić information content (AvgIpc) is 2.54. The lowest BCUT2D eigenvalue weighted by Crippen LogP contribution is -2.27. The van der Waals surface area contributed by atoms with E-state index in [1.54, 1.807) is 0 Å². The Balaban J connectivity index is 2.78. The van der Waals surface area contributed by atoms with E-state index in [1.165, 1.54) is 12.1 Å². The monoisotopic (exact) mass is 224 g/mol. The zero-order valence-corrected chi connectivity index (χ0v) is 7.75. The Bertz CT molecular complexity index is 612. The molecule has 0 saturated heterocycles. The Morgan fingerprint density at radius 3 is 2.81 bits per heavy atom. The van der Waals surface area contributed by atoms with Crippen molar-refractivity contribution in [3.8, 4) is 0 Å². The van der Waals surface area contributed by atoms with Crippen molar-refractivity contribution in [1.82, 2.24) is 0 Å². The number of carboxylic acid groups (broad SMARTS) is 1. The van der Waals surface area contributed by atoms with Gasteiger partial charge in [-0.1, -0.05) is 12.1 Å². The third kappa shape index (κ3) is 1.33. The van der Waals surface area contributed by atoms with Crippen LogP contribution in [0.5, 0.6) is 0 Å². The Morgan fingerprint density at radius 1 is 1.56 bits per heavy atom. The minimum Gasteiger partial charge on any atom is -0.477 e. The van der Waals surface area contributed by atoms with Crippen molar-refractivity contribution in [2.45, 2.75) is 5.79 Å². The maximum Gasteiger partial charge on any atom is 0.369 e. The van der Waals surface area contributed by atoms with Gasteiger partial charge in [-0.2, -0.15) is 4.39 Å². The van der Waals surface area contributed by atoms with Gasteiger partial charge in [-0.15, -0.1) is 0 Å². The normalized spacial score (nSPS) is 21.8. The number of para-hydroxylation sites is 1. The van der Waals surface area contributed by atoms with E-state index in [1.807, 2.05) is 0 Å².